The quantitative estimate of drug-likeness (QED) is 0.442. The summed E-state index contributed by atoms with van der Waals surface area (Å²) < 4.78 is 7.66. The van der Waals surface area contributed by atoms with Gasteiger partial charge < -0.3 is 9.84 Å². The van der Waals surface area contributed by atoms with Gasteiger partial charge in [0.2, 0.25) is 0 Å². The van der Waals surface area contributed by atoms with E-state index in [1.54, 1.807) is 24.4 Å². The molecule has 0 radical (unpaired) electrons. The molecule has 6 nitrogen and oxygen atoms in total. The third-order valence-corrected chi connectivity index (χ3v) is 6.26. The first-order chi connectivity index (χ1) is 15.0. The summed E-state index contributed by atoms with van der Waals surface area (Å²) in [6.07, 6.45) is 6.97. The Morgan fingerprint density at radius 3 is 2.81 bits per heavy atom. The van der Waals surface area contributed by atoms with Crippen molar-refractivity contribution in [3.05, 3.63) is 61.6 Å². The fourth-order valence-electron chi connectivity index (χ4n) is 3.96. The molecule has 4 rings (SSSR count). The first-order valence-electron chi connectivity index (χ1n) is 10.4. The minimum atomic E-state index is -0.210. The molecular formula is C23H23BrClN3O3. The van der Waals surface area contributed by atoms with Gasteiger partial charge in [-0.2, -0.15) is 9.78 Å². The molecule has 0 saturated heterocycles. The van der Waals surface area contributed by atoms with Gasteiger partial charge in [-0.05, 0) is 55.7 Å². The highest BCUT2D eigenvalue weighted by atomic mass is 79.9. The Kier molecular flexibility index (Phi) is 6.62. The molecule has 0 bridgehead atoms. The van der Waals surface area contributed by atoms with Crippen LogP contribution in [-0.2, 0) is 0 Å². The largest absolute Gasteiger partial charge is 0.503 e. The minimum absolute atomic E-state index is 0.113. The molecule has 1 aliphatic rings. The Morgan fingerprint density at radius 1 is 1.29 bits per heavy atom. The highest BCUT2D eigenvalue weighted by Crippen LogP contribution is 2.35. The maximum atomic E-state index is 13.4. The fraction of sp³-hybridized carbons (Fsp3) is 0.348. The van der Waals surface area contributed by atoms with E-state index in [9.17, 15) is 9.90 Å². The highest BCUT2D eigenvalue weighted by molar-refractivity contribution is 9.10. The number of nitrogens with zero attached hydrogens (tertiary/aromatic N) is 3. The second-order valence-corrected chi connectivity index (χ2v) is 8.93. The number of phenols is 1. The van der Waals surface area contributed by atoms with Gasteiger partial charge in [0, 0.05) is 10.4 Å². The number of hydrogen-bond acceptors (Lipinski definition) is 5. The molecule has 8 heteroatoms. The number of aromatic hydroxyl groups is 1. The van der Waals surface area contributed by atoms with E-state index in [-0.39, 0.29) is 28.0 Å². The summed E-state index contributed by atoms with van der Waals surface area (Å²) in [7, 11) is 0. The summed E-state index contributed by atoms with van der Waals surface area (Å²) in [4.78, 5) is 18.2. The summed E-state index contributed by atoms with van der Waals surface area (Å²) in [6, 6.07) is 8.74. The van der Waals surface area contributed by atoms with Crippen molar-refractivity contribution in [2.45, 2.75) is 44.9 Å². The standard InChI is InChI=1S/C23H23BrClN3O3/c1-2-31-20-11-14(10-18(25)21(20)29)13-26-28-22(15-6-4-3-5-7-15)27-19-9-8-16(24)12-17(19)23(28)30/h8-13,15,29H,2-7H2,1H3. The lowest BCUT2D eigenvalue weighted by Gasteiger charge is -2.22. The van der Waals surface area contributed by atoms with Crippen molar-refractivity contribution in [3.8, 4) is 11.5 Å². The van der Waals surface area contributed by atoms with Gasteiger partial charge in [0.15, 0.2) is 11.5 Å². The van der Waals surface area contributed by atoms with Crippen molar-refractivity contribution in [2.75, 3.05) is 6.61 Å². The average Bonchev–Trinajstić information content (AvgIpc) is 2.77. The predicted molar refractivity (Wildman–Crippen MR) is 127 cm³/mol. The van der Waals surface area contributed by atoms with Gasteiger partial charge in [-0.1, -0.05) is 46.8 Å². The maximum absolute atomic E-state index is 13.4. The zero-order valence-electron chi connectivity index (χ0n) is 17.1. The number of rotatable bonds is 5. The van der Waals surface area contributed by atoms with E-state index < -0.39 is 0 Å². The molecule has 1 heterocycles. The highest BCUT2D eigenvalue weighted by Gasteiger charge is 2.22. The van der Waals surface area contributed by atoms with Crippen LogP contribution in [0.1, 0.15) is 56.3 Å². The fourth-order valence-corrected chi connectivity index (χ4v) is 4.54. The van der Waals surface area contributed by atoms with Gasteiger partial charge in [-0.15, -0.1) is 0 Å². The van der Waals surface area contributed by atoms with E-state index in [0.29, 0.717) is 28.9 Å². The Labute approximate surface area is 193 Å². The molecule has 1 aromatic heterocycles. The van der Waals surface area contributed by atoms with Crippen molar-refractivity contribution in [3.63, 3.8) is 0 Å². The smallest absolute Gasteiger partial charge is 0.282 e. The molecular weight excluding hydrogens is 482 g/mol. The van der Waals surface area contributed by atoms with Crippen LogP contribution in [0, 0.1) is 0 Å². The normalized spacial score (nSPS) is 15.1. The molecule has 3 aromatic rings. The first-order valence-corrected chi connectivity index (χ1v) is 11.6. The molecule has 1 fully saturated rings. The zero-order valence-corrected chi connectivity index (χ0v) is 19.5. The Morgan fingerprint density at radius 2 is 2.06 bits per heavy atom. The number of halogens is 2. The molecule has 0 aliphatic heterocycles. The number of ether oxygens (including phenoxy) is 1. The lowest BCUT2D eigenvalue weighted by molar-refractivity contribution is 0.318. The molecule has 162 valence electrons. The molecule has 0 unspecified atom stereocenters. The molecule has 1 saturated carbocycles. The van der Waals surface area contributed by atoms with Gasteiger partial charge in [0.25, 0.3) is 5.56 Å². The topological polar surface area (TPSA) is 76.7 Å². The Hall–Kier alpha value is -2.38. The van der Waals surface area contributed by atoms with Crippen LogP contribution >= 0.6 is 27.5 Å². The third kappa shape index (κ3) is 4.62. The van der Waals surface area contributed by atoms with Crippen molar-refractivity contribution >= 4 is 44.6 Å². The van der Waals surface area contributed by atoms with Gasteiger partial charge >= 0.3 is 0 Å². The first kappa shape index (κ1) is 21.8. The van der Waals surface area contributed by atoms with Crippen LogP contribution in [0.15, 0.2) is 44.7 Å². The molecule has 0 atom stereocenters. The average molecular weight is 505 g/mol. The summed E-state index contributed by atoms with van der Waals surface area (Å²) in [5, 5.41) is 15.2. The van der Waals surface area contributed by atoms with E-state index in [0.717, 1.165) is 30.2 Å². The van der Waals surface area contributed by atoms with E-state index >= 15 is 0 Å². The Bertz CT molecular complexity index is 1200. The second-order valence-electron chi connectivity index (χ2n) is 7.61. The number of aromatic nitrogens is 2. The Balaban J connectivity index is 1.84. The van der Waals surface area contributed by atoms with E-state index in [4.69, 9.17) is 21.3 Å². The molecule has 0 spiro atoms. The van der Waals surface area contributed by atoms with Crippen molar-refractivity contribution in [1.29, 1.82) is 0 Å². The van der Waals surface area contributed by atoms with Crippen LogP contribution in [0.2, 0.25) is 5.02 Å². The minimum Gasteiger partial charge on any atom is -0.503 e. The van der Waals surface area contributed by atoms with E-state index in [1.807, 2.05) is 19.1 Å². The van der Waals surface area contributed by atoms with Crippen molar-refractivity contribution in [2.24, 2.45) is 5.10 Å². The number of hydrogen-bond donors (Lipinski definition) is 1. The molecule has 1 aliphatic carbocycles. The van der Waals surface area contributed by atoms with Crippen LogP contribution in [0.5, 0.6) is 11.5 Å². The summed E-state index contributed by atoms with van der Waals surface area (Å²) in [6.45, 7) is 2.21. The number of benzene rings is 2. The SMILES string of the molecule is CCOc1cc(C=Nn2c(C3CCCCC3)nc3ccc(Br)cc3c2=O)cc(Cl)c1O. The van der Waals surface area contributed by atoms with Gasteiger partial charge in [0.1, 0.15) is 5.82 Å². The lowest BCUT2D eigenvalue weighted by atomic mass is 9.88. The molecule has 0 amide bonds. The van der Waals surface area contributed by atoms with Crippen molar-refractivity contribution in [1.82, 2.24) is 9.66 Å². The number of fused-ring (bicyclic) bond motifs is 1. The van der Waals surface area contributed by atoms with Crippen LogP contribution in [0.3, 0.4) is 0 Å². The van der Waals surface area contributed by atoms with Crippen LogP contribution < -0.4 is 10.3 Å². The summed E-state index contributed by atoms with van der Waals surface area (Å²) in [5.74, 6) is 1.04. The third-order valence-electron chi connectivity index (χ3n) is 5.48. The summed E-state index contributed by atoms with van der Waals surface area (Å²) >= 11 is 9.57. The summed E-state index contributed by atoms with van der Waals surface area (Å²) in [5.41, 5.74) is 1.08. The van der Waals surface area contributed by atoms with Gasteiger partial charge in [0.05, 0.1) is 28.7 Å². The van der Waals surface area contributed by atoms with Crippen LogP contribution in [0.4, 0.5) is 0 Å². The van der Waals surface area contributed by atoms with Gasteiger partial charge in [-0.3, -0.25) is 4.79 Å². The van der Waals surface area contributed by atoms with Crippen molar-refractivity contribution < 1.29 is 9.84 Å². The predicted octanol–water partition coefficient (Wildman–Crippen LogP) is 5.85. The monoisotopic (exact) mass is 503 g/mol. The molecule has 31 heavy (non-hydrogen) atoms. The second kappa shape index (κ2) is 9.40. The van der Waals surface area contributed by atoms with E-state index in [2.05, 4.69) is 21.0 Å². The zero-order chi connectivity index (χ0) is 22.0. The maximum Gasteiger partial charge on any atom is 0.282 e. The number of phenolic OH excluding ortho intramolecular Hbond substituents is 1. The van der Waals surface area contributed by atoms with Crippen LogP contribution in [0.25, 0.3) is 10.9 Å². The van der Waals surface area contributed by atoms with Crippen LogP contribution in [-0.4, -0.2) is 27.6 Å². The molecule has 2 aromatic carbocycles. The van der Waals surface area contributed by atoms with E-state index in [1.165, 1.54) is 11.1 Å². The van der Waals surface area contributed by atoms with Gasteiger partial charge in [-0.25, -0.2) is 4.98 Å². The lowest BCUT2D eigenvalue weighted by Crippen LogP contribution is -2.25. The molecule has 1 N–H and O–H groups in total.